The molecule has 0 saturated carbocycles. The van der Waals surface area contributed by atoms with Gasteiger partial charge < -0.3 is 0 Å². The number of hydroxylamine groups is 1. The van der Waals surface area contributed by atoms with Gasteiger partial charge in [-0.25, -0.2) is 0 Å². The zero-order valence-electron chi connectivity index (χ0n) is 7.23. The van der Waals surface area contributed by atoms with Crippen molar-refractivity contribution in [1.29, 1.82) is 5.26 Å². The maximum atomic E-state index is 8.60. The summed E-state index contributed by atoms with van der Waals surface area (Å²) in [5, 5.41) is 10.5. The lowest BCUT2D eigenvalue weighted by atomic mass is 10.2. The lowest BCUT2D eigenvalue weighted by molar-refractivity contribution is 0.168. The second kappa shape index (κ2) is 3.46. The molecule has 1 heterocycles. The molecular formula is C10H10N2O. The minimum absolute atomic E-state index is 0.683. The van der Waals surface area contributed by atoms with Crippen LogP contribution in [0.3, 0.4) is 0 Å². The monoisotopic (exact) mass is 174 g/mol. The third-order valence-electron chi connectivity index (χ3n) is 2.04. The van der Waals surface area contributed by atoms with Crippen molar-refractivity contribution in [3.05, 3.63) is 29.8 Å². The Hall–Kier alpha value is -1.53. The first-order valence-corrected chi connectivity index (χ1v) is 4.31. The molecule has 0 aliphatic carbocycles. The Kier molecular flexibility index (Phi) is 2.15. The minimum Gasteiger partial charge on any atom is -0.273 e. The second-order valence-corrected chi connectivity index (χ2v) is 2.95. The lowest BCUT2D eigenvalue weighted by Crippen LogP contribution is -2.15. The molecule has 1 aromatic rings. The van der Waals surface area contributed by atoms with E-state index in [0.29, 0.717) is 5.56 Å². The molecule has 0 atom stereocenters. The molecule has 13 heavy (non-hydrogen) atoms. The van der Waals surface area contributed by atoms with Crippen LogP contribution in [0.1, 0.15) is 12.0 Å². The summed E-state index contributed by atoms with van der Waals surface area (Å²) in [5.41, 5.74) is 1.71. The Labute approximate surface area is 77.1 Å². The summed E-state index contributed by atoms with van der Waals surface area (Å²) in [6.45, 7) is 1.73. The maximum absolute atomic E-state index is 8.60. The van der Waals surface area contributed by atoms with E-state index < -0.39 is 0 Å². The highest BCUT2D eigenvalue weighted by molar-refractivity contribution is 5.48. The van der Waals surface area contributed by atoms with Crippen molar-refractivity contribution < 1.29 is 4.84 Å². The molecule has 0 unspecified atom stereocenters. The van der Waals surface area contributed by atoms with E-state index in [9.17, 15) is 0 Å². The van der Waals surface area contributed by atoms with Gasteiger partial charge in [-0.1, -0.05) is 0 Å². The number of anilines is 1. The van der Waals surface area contributed by atoms with Crippen LogP contribution >= 0.6 is 0 Å². The molecule has 1 aromatic carbocycles. The van der Waals surface area contributed by atoms with Gasteiger partial charge in [0.1, 0.15) is 0 Å². The number of nitrogens with zero attached hydrogens (tertiary/aromatic N) is 2. The van der Waals surface area contributed by atoms with E-state index in [0.717, 1.165) is 25.3 Å². The van der Waals surface area contributed by atoms with Crippen LogP contribution in [0.2, 0.25) is 0 Å². The summed E-state index contributed by atoms with van der Waals surface area (Å²) >= 11 is 0. The van der Waals surface area contributed by atoms with E-state index in [1.54, 1.807) is 12.1 Å². The third kappa shape index (κ3) is 1.63. The first-order valence-electron chi connectivity index (χ1n) is 4.31. The molecule has 3 nitrogen and oxygen atoms in total. The van der Waals surface area contributed by atoms with Crippen LogP contribution in [-0.4, -0.2) is 13.2 Å². The van der Waals surface area contributed by atoms with Crippen molar-refractivity contribution in [2.45, 2.75) is 6.42 Å². The van der Waals surface area contributed by atoms with Gasteiger partial charge in [0, 0.05) is 6.54 Å². The molecule has 1 aliphatic heterocycles. The van der Waals surface area contributed by atoms with Gasteiger partial charge in [0.2, 0.25) is 0 Å². The maximum Gasteiger partial charge on any atom is 0.0991 e. The highest BCUT2D eigenvalue weighted by Crippen LogP contribution is 2.18. The van der Waals surface area contributed by atoms with Crippen LogP contribution in [0, 0.1) is 11.3 Å². The molecule has 0 bridgehead atoms. The Balaban J connectivity index is 2.18. The van der Waals surface area contributed by atoms with Crippen LogP contribution < -0.4 is 5.06 Å². The van der Waals surface area contributed by atoms with Gasteiger partial charge in [-0.05, 0) is 30.7 Å². The second-order valence-electron chi connectivity index (χ2n) is 2.95. The molecular weight excluding hydrogens is 164 g/mol. The summed E-state index contributed by atoms with van der Waals surface area (Å²) in [4.78, 5) is 5.36. The summed E-state index contributed by atoms with van der Waals surface area (Å²) in [5.74, 6) is 0. The highest BCUT2D eigenvalue weighted by Gasteiger charge is 2.12. The molecule has 1 fully saturated rings. The Morgan fingerprint density at radius 1 is 1.31 bits per heavy atom. The molecule has 0 amide bonds. The zero-order valence-corrected chi connectivity index (χ0v) is 7.23. The quantitative estimate of drug-likeness (QED) is 0.650. The van der Waals surface area contributed by atoms with Gasteiger partial charge in [-0.3, -0.25) is 9.90 Å². The van der Waals surface area contributed by atoms with Crippen LogP contribution in [0.25, 0.3) is 0 Å². The largest absolute Gasteiger partial charge is 0.273 e. The predicted octanol–water partition coefficient (Wildman–Crippen LogP) is 1.70. The van der Waals surface area contributed by atoms with Crippen molar-refractivity contribution >= 4 is 5.69 Å². The first-order chi connectivity index (χ1) is 6.40. The van der Waals surface area contributed by atoms with Gasteiger partial charge in [-0.2, -0.15) is 5.26 Å². The number of hydrogen-bond acceptors (Lipinski definition) is 3. The van der Waals surface area contributed by atoms with E-state index in [-0.39, 0.29) is 0 Å². The average Bonchev–Trinajstić information content (AvgIpc) is 2.71. The molecule has 66 valence electrons. The van der Waals surface area contributed by atoms with Gasteiger partial charge >= 0.3 is 0 Å². The minimum atomic E-state index is 0.683. The van der Waals surface area contributed by atoms with Crippen molar-refractivity contribution in [3.63, 3.8) is 0 Å². The fourth-order valence-corrected chi connectivity index (χ4v) is 1.35. The van der Waals surface area contributed by atoms with Crippen molar-refractivity contribution in [1.82, 2.24) is 0 Å². The number of hydrogen-bond donors (Lipinski definition) is 0. The van der Waals surface area contributed by atoms with Crippen molar-refractivity contribution in [2.75, 3.05) is 18.2 Å². The Morgan fingerprint density at radius 2 is 2.08 bits per heavy atom. The molecule has 1 aliphatic rings. The summed E-state index contributed by atoms with van der Waals surface area (Å²) in [6.07, 6.45) is 1.07. The first kappa shape index (κ1) is 8.09. The van der Waals surface area contributed by atoms with E-state index in [4.69, 9.17) is 10.1 Å². The summed E-state index contributed by atoms with van der Waals surface area (Å²) in [7, 11) is 0. The Bertz CT molecular complexity index is 320. The molecule has 2 rings (SSSR count). The lowest BCUT2D eigenvalue weighted by Gasteiger charge is -2.15. The van der Waals surface area contributed by atoms with Crippen molar-refractivity contribution in [2.24, 2.45) is 0 Å². The van der Waals surface area contributed by atoms with Crippen LogP contribution in [0.15, 0.2) is 24.3 Å². The molecule has 3 heteroatoms. The predicted molar refractivity (Wildman–Crippen MR) is 49.1 cm³/mol. The fraction of sp³-hybridized carbons (Fsp3) is 0.300. The molecule has 0 aromatic heterocycles. The van der Waals surface area contributed by atoms with Crippen molar-refractivity contribution in [3.8, 4) is 6.07 Å². The topological polar surface area (TPSA) is 36.3 Å². The van der Waals surface area contributed by atoms with Crippen LogP contribution in [-0.2, 0) is 4.84 Å². The summed E-state index contributed by atoms with van der Waals surface area (Å²) < 4.78 is 0. The standard InChI is InChI=1S/C10H10N2O/c11-8-9-2-4-10(5-3-9)12-6-1-7-13-12/h2-5H,1,6-7H2. The molecule has 0 spiro atoms. The molecule has 1 saturated heterocycles. The number of rotatable bonds is 1. The smallest absolute Gasteiger partial charge is 0.0991 e. The number of benzene rings is 1. The van der Waals surface area contributed by atoms with Crippen LogP contribution in [0.4, 0.5) is 5.69 Å². The zero-order chi connectivity index (χ0) is 9.10. The van der Waals surface area contributed by atoms with Gasteiger partial charge in [0.15, 0.2) is 0 Å². The van der Waals surface area contributed by atoms with Gasteiger partial charge in [0.05, 0.1) is 23.9 Å². The highest BCUT2D eigenvalue weighted by atomic mass is 16.7. The average molecular weight is 174 g/mol. The van der Waals surface area contributed by atoms with E-state index in [2.05, 4.69) is 6.07 Å². The van der Waals surface area contributed by atoms with Crippen LogP contribution in [0.5, 0.6) is 0 Å². The third-order valence-corrected chi connectivity index (χ3v) is 2.04. The molecule has 0 N–H and O–H groups in total. The number of nitriles is 1. The fourth-order valence-electron chi connectivity index (χ4n) is 1.35. The van der Waals surface area contributed by atoms with E-state index in [1.165, 1.54) is 0 Å². The van der Waals surface area contributed by atoms with Gasteiger partial charge in [-0.15, -0.1) is 0 Å². The Morgan fingerprint density at radius 3 is 2.62 bits per heavy atom. The normalized spacial score (nSPS) is 15.8. The van der Waals surface area contributed by atoms with Gasteiger partial charge in [0.25, 0.3) is 0 Å². The summed E-state index contributed by atoms with van der Waals surface area (Å²) in [6, 6.07) is 9.50. The SMILES string of the molecule is N#Cc1ccc(N2CCCO2)cc1. The van der Waals surface area contributed by atoms with E-state index in [1.807, 2.05) is 17.2 Å². The van der Waals surface area contributed by atoms with E-state index >= 15 is 0 Å². The molecule has 0 radical (unpaired) electrons.